The van der Waals surface area contributed by atoms with Gasteiger partial charge in [0.2, 0.25) is 28.6 Å². The van der Waals surface area contributed by atoms with E-state index < -0.39 is 16.1 Å². The second-order valence-corrected chi connectivity index (χ2v) is 13.3. The van der Waals surface area contributed by atoms with E-state index in [1.54, 1.807) is 41.3 Å². The second-order valence-electron chi connectivity index (χ2n) is 10.6. The normalized spacial score (nSPS) is 12.9. The molecule has 0 saturated carbocycles. The number of benzene rings is 3. The SMILES string of the molecule is CCCCNC(=O)[C@H](Cc1ccccc1)N(Cc1ccc(Cl)c(Cl)c1)C(=O)CCCN(c1ccc2c(c1)OCO2)S(C)(=O)=O. The maximum atomic E-state index is 14.0. The van der Waals surface area contributed by atoms with Crippen molar-refractivity contribution in [2.45, 2.75) is 51.6 Å². The Bertz CT molecular complexity index is 1550. The minimum absolute atomic E-state index is 0.00538. The van der Waals surface area contributed by atoms with Crippen LogP contribution in [0, 0.1) is 0 Å². The summed E-state index contributed by atoms with van der Waals surface area (Å²) in [7, 11) is -3.67. The van der Waals surface area contributed by atoms with E-state index in [2.05, 4.69) is 5.32 Å². The second kappa shape index (κ2) is 15.5. The molecule has 1 aliphatic rings. The zero-order chi connectivity index (χ0) is 31.7. The van der Waals surface area contributed by atoms with E-state index in [0.29, 0.717) is 45.8 Å². The molecule has 0 aliphatic carbocycles. The van der Waals surface area contributed by atoms with E-state index in [1.165, 1.54) is 4.31 Å². The molecule has 44 heavy (non-hydrogen) atoms. The number of nitrogens with zero attached hydrogens (tertiary/aromatic N) is 2. The highest BCUT2D eigenvalue weighted by Crippen LogP contribution is 2.36. The van der Waals surface area contributed by atoms with Crippen LogP contribution in [0.3, 0.4) is 0 Å². The zero-order valence-corrected chi connectivity index (χ0v) is 27.1. The lowest BCUT2D eigenvalue weighted by molar-refractivity contribution is -0.141. The van der Waals surface area contributed by atoms with Crippen molar-refractivity contribution in [1.29, 1.82) is 0 Å². The Morgan fingerprint density at radius 1 is 0.932 bits per heavy atom. The Hall–Kier alpha value is -3.47. The summed E-state index contributed by atoms with van der Waals surface area (Å²) in [6, 6.07) is 18.7. The number of rotatable bonds is 15. The first-order chi connectivity index (χ1) is 21.1. The number of unbranched alkanes of at least 4 members (excludes halogenated alkanes) is 1. The molecule has 0 radical (unpaired) electrons. The average molecular weight is 663 g/mol. The van der Waals surface area contributed by atoms with Crippen molar-refractivity contribution >= 4 is 50.7 Å². The Labute approximate surface area is 269 Å². The molecule has 1 N–H and O–H groups in total. The quantitative estimate of drug-likeness (QED) is 0.206. The standard InChI is InChI=1S/C32H37Cl2N3O6S/c1-3-4-16-35-32(39)28(19-23-9-6-5-7-10-23)36(21-24-12-14-26(33)27(34)18-24)31(38)11-8-17-37(44(2,40)41)25-13-15-29-30(20-25)43-22-42-29/h5-7,9-10,12-15,18,20,28H,3-4,8,11,16-17,19,21-22H2,1-2H3,(H,35,39)/t28-/m0/s1. The molecule has 0 saturated heterocycles. The van der Waals surface area contributed by atoms with Gasteiger partial charge in [0.15, 0.2) is 11.5 Å². The van der Waals surface area contributed by atoms with Gasteiger partial charge in [-0.15, -0.1) is 0 Å². The lowest BCUT2D eigenvalue weighted by Crippen LogP contribution is -2.50. The molecule has 0 fully saturated rings. The number of hydrogen-bond acceptors (Lipinski definition) is 6. The van der Waals surface area contributed by atoms with Crippen molar-refractivity contribution in [1.82, 2.24) is 10.2 Å². The molecule has 9 nitrogen and oxygen atoms in total. The predicted molar refractivity (Wildman–Crippen MR) is 173 cm³/mol. The average Bonchev–Trinajstić information content (AvgIpc) is 3.47. The third-order valence-corrected chi connectivity index (χ3v) is 9.17. The van der Waals surface area contributed by atoms with E-state index in [9.17, 15) is 18.0 Å². The van der Waals surface area contributed by atoms with Gasteiger partial charge < -0.3 is 19.7 Å². The molecule has 3 aromatic carbocycles. The number of sulfonamides is 1. The van der Waals surface area contributed by atoms with Crippen LogP contribution in [0.2, 0.25) is 10.0 Å². The van der Waals surface area contributed by atoms with E-state index in [1.807, 2.05) is 37.3 Å². The fraction of sp³-hybridized carbons (Fsp3) is 0.375. The van der Waals surface area contributed by atoms with Crippen molar-refractivity contribution in [2.75, 3.05) is 30.4 Å². The smallest absolute Gasteiger partial charge is 0.243 e. The van der Waals surface area contributed by atoms with Gasteiger partial charge in [-0.3, -0.25) is 13.9 Å². The van der Waals surface area contributed by atoms with Gasteiger partial charge in [-0.25, -0.2) is 8.42 Å². The largest absolute Gasteiger partial charge is 0.454 e. The van der Waals surface area contributed by atoms with Crippen LogP contribution in [0.15, 0.2) is 66.7 Å². The fourth-order valence-electron chi connectivity index (χ4n) is 4.94. The minimum atomic E-state index is -3.67. The molecule has 0 unspecified atom stereocenters. The van der Waals surface area contributed by atoms with Crippen LogP contribution in [-0.2, 0) is 32.6 Å². The lowest BCUT2D eigenvalue weighted by Gasteiger charge is -2.32. The number of halogens is 2. The molecule has 4 rings (SSSR count). The van der Waals surface area contributed by atoms with Gasteiger partial charge in [-0.05, 0) is 48.2 Å². The van der Waals surface area contributed by atoms with E-state index in [-0.39, 0.29) is 44.5 Å². The summed E-state index contributed by atoms with van der Waals surface area (Å²) in [4.78, 5) is 29.1. The highest BCUT2D eigenvalue weighted by molar-refractivity contribution is 7.92. The molecular formula is C32H37Cl2N3O6S. The molecule has 236 valence electrons. The molecular weight excluding hydrogens is 625 g/mol. The lowest BCUT2D eigenvalue weighted by atomic mass is 10.0. The number of fused-ring (bicyclic) bond motifs is 1. The van der Waals surface area contributed by atoms with Crippen molar-refractivity contribution in [3.8, 4) is 11.5 Å². The molecule has 0 spiro atoms. The first kappa shape index (κ1) is 33.4. The van der Waals surface area contributed by atoms with Gasteiger partial charge in [0.25, 0.3) is 0 Å². The Morgan fingerprint density at radius 3 is 2.39 bits per heavy atom. The van der Waals surface area contributed by atoms with Crippen molar-refractivity contribution < 1.29 is 27.5 Å². The fourth-order valence-corrected chi connectivity index (χ4v) is 6.22. The van der Waals surface area contributed by atoms with Crippen LogP contribution in [-0.4, -0.2) is 57.3 Å². The van der Waals surface area contributed by atoms with Crippen LogP contribution in [0.1, 0.15) is 43.7 Å². The zero-order valence-electron chi connectivity index (χ0n) is 24.8. The van der Waals surface area contributed by atoms with Crippen LogP contribution in [0.4, 0.5) is 5.69 Å². The topological polar surface area (TPSA) is 105 Å². The first-order valence-corrected chi connectivity index (χ1v) is 17.1. The highest BCUT2D eigenvalue weighted by Gasteiger charge is 2.31. The van der Waals surface area contributed by atoms with Gasteiger partial charge in [0.05, 0.1) is 22.0 Å². The monoisotopic (exact) mass is 661 g/mol. The Morgan fingerprint density at radius 2 is 1.68 bits per heavy atom. The van der Waals surface area contributed by atoms with Crippen LogP contribution >= 0.6 is 23.2 Å². The molecule has 12 heteroatoms. The van der Waals surface area contributed by atoms with E-state index in [4.69, 9.17) is 32.7 Å². The number of carbonyl (C=O) groups excluding carboxylic acids is 2. The molecule has 0 aromatic heterocycles. The summed E-state index contributed by atoms with van der Waals surface area (Å²) < 4.78 is 37.5. The van der Waals surface area contributed by atoms with Crippen molar-refractivity contribution in [3.05, 3.63) is 87.9 Å². The first-order valence-electron chi connectivity index (χ1n) is 14.5. The van der Waals surface area contributed by atoms with Gasteiger partial charge in [-0.1, -0.05) is 72.9 Å². The third kappa shape index (κ3) is 9.03. The summed E-state index contributed by atoms with van der Waals surface area (Å²) in [5, 5.41) is 3.72. The molecule has 1 atom stereocenters. The van der Waals surface area contributed by atoms with Crippen molar-refractivity contribution in [3.63, 3.8) is 0 Å². The third-order valence-electron chi connectivity index (χ3n) is 7.23. The van der Waals surface area contributed by atoms with Crippen LogP contribution in [0.25, 0.3) is 0 Å². The van der Waals surface area contributed by atoms with E-state index >= 15 is 0 Å². The maximum Gasteiger partial charge on any atom is 0.243 e. The number of carbonyl (C=O) groups is 2. The summed E-state index contributed by atoms with van der Waals surface area (Å²) in [6.07, 6.45) is 3.37. The number of hydrogen-bond donors (Lipinski definition) is 1. The Balaban J connectivity index is 1.58. The summed E-state index contributed by atoms with van der Waals surface area (Å²) in [5.41, 5.74) is 2.03. The maximum absolute atomic E-state index is 14.0. The van der Waals surface area contributed by atoms with Crippen LogP contribution < -0.4 is 19.1 Å². The van der Waals surface area contributed by atoms with E-state index in [0.717, 1.165) is 24.7 Å². The molecule has 0 bridgehead atoms. The summed E-state index contributed by atoms with van der Waals surface area (Å²) in [5.74, 6) is 0.450. The Kier molecular flexibility index (Phi) is 11.8. The van der Waals surface area contributed by atoms with Gasteiger partial charge in [0.1, 0.15) is 6.04 Å². The molecule has 3 aromatic rings. The van der Waals surface area contributed by atoms with Crippen molar-refractivity contribution in [2.24, 2.45) is 0 Å². The summed E-state index contributed by atoms with van der Waals surface area (Å²) >= 11 is 12.4. The molecule has 1 aliphatic heterocycles. The van der Waals surface area contributed by atoms with Gasteiger partial charge >= 0.3 is 0 Å². The summed E-state index contributed by atoms with van der Waals surface area (Å²) in [6.45, 7) is 2.77. The number of ether oxygens (including phenoxy) is 2. The van der Waals surface area contributed by atoms with Gasteiger partial charge in [0, 0.05) is 38.5 Å². The number of anilines is 1. The van der Waals surface area contributed by atoms with Gasteiger partial charge in [-0.2, -0.15) is 0 Å². The number of amides is 2. The minimum Gasteiger partial charge on any atom is -0.454 e. The molecule has 1 heterocycles. The predicted octanol–water partition coefficient (Wildman–Crippen LogP) is 5.82. The van der Waals surface area contributed by atoms with Crippen LogP contribution in [0.5, 0.6) is 11.5 Å². The highest BCUT2D eigenvalue weighted by atomic mass is 35.5. The molecule has 2 amide bonds. The number of nitrogens with one attached hydrogen (secondary N) is 1.